The third kappa shape index (κ3) is 7.08. The van der Waals surface area contributed by atoms with Crippen LogP contribution in [0.25, 0.3) is 11.0 Å². The van der Waals surface area contributed by atoms with Crippen LogP contribution in [0.2, 0.25) is 10.0 Å². The van der Waals surface area contributed by atoms with Crippen LogP contribution in [0.1, 0.15) is 18.4 Å². The number of carboxylic acid groups (broad SMARTS) is 1. The molecule has 1 saturated carbocycles. The second kappa shape index (κ2) is 11.2. The molecule has 2 aromatic heterocycles. The molecule has 14 heteroatoms. The Balaban J connectivity index is 0.000000405. The Morgan fingerprint density at radius 2 is 1.78 bits per heavy atom. The molecule has 2 fully saturated rings. The lowest BCUT2D eigenvalue weighted by molar-refractivity contribution is -0.192. The van der Waals surface area contributed by atoms with E-state index in [1.54, 1.807) is 24.5 Å². The standard InChI is InChI=1S/C21H21Cl2FN6.C2HF3O2/c22-14-1-4-17(24)13(9-14)12-29-5-7-30(8-6-29)21-20(26-15-2-3-15)28-19-16(23)10-25-11-18(19)27-21;3-2(4,5)1(6)7/h1,4,9-11,15H,2-3,5-8,12H2,(H,26,28);(H,6,7). The van der Waals surface area contributed by atoms with Crippen LogP contribution in [0.4, 0.5) is 29.2 Å². The Labute approximate surface area is 219 Å². The maximum atomic E-state index is 14.1. The number of fused-ring (bicyclic) bond motifs is 1. The van der Waals surface area contributed by atoms with Crippen LogP contribution in [-0.4, -0.2) is 69.3 Å². The number of pyridine rings is 1. The van der Waals surface area contributed by atoms with E-state index in [1.165, 1.54) is 6.07 Å². The lowest BCUT2D eigenvalue weighted by atomic mass is 10.2. The summed E-state index contributed by atoms with van der Waals surface area (Å²) in [6.07, 6.45) is 0.480. The molecule has 3 aromatic rings. The van der Waals surface area contributed by atoms with Gasteiger partial charge in [-0.3, -0.25) is 9.88 Å². The van der Waals surface area contributed by atoms with Gasteiger partial charge in [0.25, 0.3) is 0 Å². The van der Waals surface area contributed by atoms with Gasteiger partial charge in [0.05, 0.1) is 11.2 Å². The third-order valence-electron chi connectivity index (χ3n) is 5.75. The lowest BCUT2D eigenvalue weighted by Crippen LogP contribution is -2.46. The zero-order chi connectivity index (χ0) is 26.7. The van der Waals surface area contributed by atoms with Crippen molar-refractivity contribution in [1.82, 2.24) is 19.9 Å². The number of piperazine rings is 1. The number of halogens is 6. The number of carbonyl (C=O) groups is 1. The molecule has 3 heterocycles. The number of alkyl halides is 3. The molecule has 8 nitrogen and oxygen atoms in total. The zero-order valence-electron chi connectivity index (χ0n) is 19.3. The van der Waals surface area contributed by atoms with Gasteiger partial charge in [-0.2, -0.15) is 13.2 Å². The van der Waals surface area contributed by atoms with Crippen LogP contribution >= 0.6 is 23.2 Å². The Kier molecular flexibility index (Phi) is 8.20. The molecule has 0 spiro atoms. The number of aromatic nitrogens is 3. The molecule has 2 N–H and O–H groups in total. The van der Waals surface area contributed by atoms with Gasteiger partial charge in [-0.1, -0.05) is 23.2 Å². The summed E-state index contributed by atoms with van der Waals surface area (Å²) in [6, 6.07) is 5.15. The van der Waals surface area contributed by atoms with Crippen LogP contribution in [0.3, 0.4) is 0 Å². The first-order valence-electron chi connectivity index (χ1n) is 11.3. The molecule has 0 bridgehead atoms. The van der Waals surface area contributed by atoms with Crippen LogP contribution in [0, 0.1) is 5.82 Å². The summed E-state index contributed by atoms with van der Waals surface area (Å²) in [7, 11) is 0. The highest BCUT2D eigenvalue weighted by Crippen LogP contribution is 2.32. The minimum atomic E-state index is -5.08. The highest BCUT2D eigenvalue weighted by molar-refractivity contribution is 6.34. The van der Waals surface area contributed by atoms with E-state index < -0.39 is 12.1 Å². The molecule has 198 valence electrons. The number of hydrogen-bond donors (Lipinski definition) is 2. The molecule has 1 aromatic carbocycles. The van der Waals surface area contributed by atoms with E-state index in [9.17, 15) is 17.6 Å². The predicted octanol–water partition coefficient (Wildman–Crippen LogP) is 5.00. The van der Waals surface area contributed by atoms with Crippen LogP contribution in [0.5, 0.6) is 0 Å². The van der Waals surface area contributed by atoms with E-state index in [2.05, 4.69) is 20.1 Å². The summed E-state index contributed by atoms with van der Waals surface area (Å²) >= 11 is 12.3. The molecule has 1 aliphatic carbocycles. The number of carboxylic acids is 1. The summed E-state index contributed by atoms with van der Waals surface area (Å²) < 4.78 is 45.8. The van der Waals surface area contributed by atoms with E-state index in [4.69, 9.17) is 43.1 Å². The van der Waals surface area contributed by atoms with Crippen molar-refractivity contribution in [3.05, 3.63) is 52.0 Å². The minimum Gasteiger partial charge on any atom is -0.475 e. The van der Waals surface area contributed by atoms with Gasteiger partial charge in [0.2, 0.25) is 0 Å². The molecular formula is C23H22Cl2F4N6O2. The second-order valence-corrected chi connectivity index (χ2v) is 9.45. The fourth-order valence-electron chi connectivity index (χ4n) is 3.70. The normalized spacial score (nSPS) is 16.3. The average Bonchev–Trinajstić information content (AvgIpc) is 3.66. The molecule has 1 saturated heterocycles. The van der Waals surface area contributed by atoms with Gasteiger partial charge in [0.1, 0.15) is 16.9 Å². The van der Waals surface area contributed by atoms with Gasteiger partial charge in [-0.05, 0) is 31.0 Å². The van der Waals surface area contributed by atoms with Gasteiger partial charge in [0, 0.05) is 55.5 Å². The molecule has 0 atom stereocenters. The van der Waals surface area contributed by atoms with E-state index in [0.29, 0.717) is 39.2 Å². The Morgan fingerprint density at radius 1 is 1.11 bits per heavy atom. The number of benzene rings is 1. The van der Waals surface area contributed by atoms with Crippen molar-refractivity contribution in [2.75, 3.05) is 36.4 Å². The maximum absolute atomic E-state index is 14.1. The van der Waals surface area contributed by atoms with Crippen LogP contribution in [-0.2, 0) is 11.3 Å². The minimum absolute atomic E-state index is 0.220. The molecule has 0 radical (unpaired) electrons. The molecule has 0 unspecified atom stereocenters. The number of nitrogens with zero attached hydrogens (tertiary/aromatic N) is 5. The first kappa shape index (κ1) is 27.1. The zero-order valence-corrected chi connectivity index (χ0v) is 20.8. The van der Waals surface area contributed by atoms with Crippen molar-refractivity contribution >= 4 is 51.8 Å². The van der Waals surface area contributed by atoms with Crippen LogP contribution < -0.4 is 10.2 Å². The largest absolute Gasteiger partial charge is 0.490 e. The van der Waals surface area contributed by atoms with Gasteiger partial charge in [-0.25, -0.2) is 19.2 Å². The molecule has 2 aliphatic rings. The van der Waals surface area contributed by atoms with Crippen molar-refractivity contribution in [3.63, 3.8) is 0 Å². The van der Waals surface area contributed by atoms with Crippen molar-refractivity contribution in [3.8, 4) is 0 Å². The van der Waals surface area contributed by atoms with Gasteiger partial charge < -0.3 is 15.3 Å². The van der Waals surface area contributed by atoms with E-state index in [0.717, 1.165) is 50.7 Å². The van der Waals surface area contributed by atoms with E-state index >= 15 is 0 Å². The predicted molar refractivity (Wildman–Crippen MR) is 132 cm³/mol. The average molecular weight is 561 g/mol. The Hall–Kier alpha value is -2.96. The summed E-state index contributed by atoms with van der Waals surface area (Å²) in [5, 5.41) is 11.7. The van der Waals surface area contributed by atoms with Gasteiger partial charge >= 0.3 is 12.1 Å². The number of aliphatic carboxylic acids is 1. The summed E-state index contributed by atoms with van der Waals surface area (Å²) in [4.78, 5) is 27.1. The van der Waals surface area contributed by atoms with E-state index in [1.807, 2.05) is 0 Å². The quantitative estimate of drug-likeness (QED) is 0.421. The molecular weight excluding hydrogens is 539 g/mol. The van der Waals surface area contributed by atoms with Gasteiger partial charge in [0.15, 0.2) is 11.6 Å². The first-order chi connectivity index (χ1) is 17.5. The van der Waals surface area contributed by atoms with Crippen LogP contribution in [0.15, 0.2) is 30.6 Å². The van der Waals surface area contributed by atoms with Crippen molar-refractivity contribution in [2.24, 2.45) is 0 Å². The molecule has 37 heavy (non-hydrogen) atoms. The Bertz CT molecular complexity index is 1280. The molecule has 0 amide bonds. The van der Waals surface area contributed by atoms with Gasteiger partial charge in [-0.15, -0.1) is 0 Å². The fraction of sp³-hybridized carbons (Fsp3) is 0.391. The summed E-state index contributed by atoms with van der Waals surface area (Å²) in [5.74, 6) is -1.38. The monoisotopic (exact) mass is 560 g/mol. The fourth-order valence-corrected chi connectivity index (χ4v) is 4.09. The first-order valence-corrected chi connectivity index (χ1v) is 12.1. The molecule has 5 rings (SSSR count). The number of nitrogens with one attached hydrogen (secondary N) is 1. The van der Waals surface area contributed by atoms with Crippen molar-refractivity contribution in [2.45, 2.75) is 31.6 Å². The van der Waals surface area contributed by atoms with Crippen molar-refractivity contribution in [1.29, 1.82) is 0 Å². The van der Waals surface area contributed by atoms with E-state index in [-0.39, 0.29) is 5.82 Å². The Morgan fingerprint density at radius 3 is 2.41 bits per heavy atom. The second-order valence-electron chi connectivity index (χ2n) is 8.61. The number of anilines is 2. The topological polar surface area (TPSA) is 94.5 Å². The smallest absolute Gasteiger partial charge is 0.475 e. The third-order valence-corrected chi connectivity index (χ3v) is 6.26. The summed E-state index contributed by atoms with van der Waals surface area (Å²) in [6.45, 7) is 3.67. The molecule has 1 aliphatic heterocycles. The number of rotatable bonds is 5. The number of hydrogen-bond acceptors (Lipinski definition) is 7. The summed E-state index contributed by atoms with van der Waals surface area (Å²) in [5.41, 5.74) is 1.97. The highest BCUT2D eigenvalue weighted by Gasteiger charge is 2.38. The lowest BCUT2D eigenvalue weighted by Gasteiger charge is -2.36. The SMILES string of the molecule is Fc1ccc(Cl)cc1CN1CCN(c2nc3cncc(Cl)c3nc2NC2CC2)CC1.O=C(O)C(F)(F)F. The highest BCUT2D eigenvalue weighted by atomic mass is 35.5. The maximum Gasteiger partial charge on any atom is 0.490 e. The van der Waals surface area contributed by atoms with Crippen molar-refractivity contribution < 1.29 is 27.5 Å².